The lowest BCUT2D eigenvalue weighted by molar-refractivity contribution is 0.0977. The first-order chi connectivity index (χ1) is 14.0. The zero-order chi connectivity index (χ0) is 20.4. The summed E-state index contributed by atoms with van der Waals surface area (Å²) in [6.45, 7) is 0. The zero-order valence-corrected chi connectivity index (χ0v) is 18.4. The van der Waals surface area contributed by atoms with E-state index >= 15 is 0 Å². The molecule has 4 aromatic rings. The molecule has 0 bridgehead atoms. The van der Waals surface area contributed by atoms with Gasteiger partial charge in [0, 0.05) is 15.6 Å². The van der Waals surface area contributed by atoms with E-state index in [0.29, 0.717) is 27.7 Å². The van der Waals surface area contributed by atoms with Gasteiger partial charge in [-0.25, -0.2) is 4.98 Å². The molecule has 4 N–H and O–H groups in total. The summed E-state index contributed by atoms with van der Waals surface area (Å²) >= 11 is 14.9. The van der Waals surface area contributed by atoms with Crippen molar-refractivity contribution in [1.29, 1.82) is 0 Å². The van der Waals surface area contributed by atoms with Crippen LogP contribution in [0.4, 0.5) is 5.69 Å². The molecule has 0 atom stereocenters. The molecule has 0 fully saturated rings. The number of carbonyl (C=O) groups excluding carboxylic acids is 1. The highest BCUT2D eigenvalue weighted by atomic mass is 79.9. The summed E-state index contributed by atoms with van der Waals surface area (Å²) in [7, 11) is 0. The maximum absolute atomic E-state index is 12.4. The van der Waals surface area contributed by atoms with Gasteiger partial charge in [-0.15, -0.1) is 0 Å². The SMILES string of the molecule is O.O=C(NC(=S)Nc1cc(-c2nc3ccccc3o2)ccc1Cl)c1cccc(Br)c1. The number of amides is 1. The van der Waals surface area contributed by atoms with Crippen LogP contribution in [-0.2, 0) is 0 Å². The monoisotopic (exact) mass is 503 g/mol. The van der Waals surface area contributed by atoms with Gasteiger partial charge in [0.15, 0.2) is 10.7 Å². The lowest BCUT2D eigenvalue weighted by Crippen LogP contribution is -2.34. The number of carbonyl (C=O) groups is 1. The number of hydrogen-bond acceptors (Lipinski definition) is 4. The van der Waals surface area contributed by atoms with Gasteiger partial charge in [-0.3, -0.25) is 10.1 Å². The van der Waals surface area contributed by atoms with Gasteiger partial charge in [0.05, 0.1) is 10.7 Å². The highest BCUT2D eigenvalue weighted by Crippen LogP contribution is 2.30. The molecule has 0 saturated carbocycles. The van der Waals surface area contributed by atoms with Crippen LogP contribution in [0.15, 0.2) is 75.6 Å². The van der Waals surface area contributed by atoms with Crippen LogP contribution in [-0.4, -0.2) is 21.5 Å². The van der Waals surface area contributed by atoms with Crippen molar-refractivity contribution in [2.24, 2.45) is 0 Å². The van der Waals surface area contributed by atoms with Crippen molar-refractivity contribution in [2.75, 3.05) is 5.32 Å². The Morgan fingerprint density at radius 2 is 1.87 bits per heavy atom. The highest BCUT2D eigenvalue weighted by Gasteiger charge is 2.13. The molecule has 6 nitrogen and oxygen atoms in total. The van der Waals surface area contributed by atoms with Crippen molar-refractivity contribution in [2.45, 2.75) is 0 Å². The van der Waals surface area contributed by atoms with Crippen LogP contribution in [0, 0.1) is 0 Å². The van der Waals surface area contributed by atoms with Crippen molar-refractivity contribution in [3.63, 3.8) is 0 Å². The lowest BCUT2D eigenvalue weighted by atomic mass is 10.2. The number of fused-ring (bicyclic) bond motifs is 1. The second-order valence-corrected chi connectivity index (χ2v) is 7.83. The number of nitrogens with zero attached hydrogens (tertiary/aromatic N) is 1. The molecular formula is C21H15BrClN3O3S. The summed E-state index contributed by atoms with van der Waals surface area (Å²) in [6.07, 6.45) is 0. The highest BCUT2D eigenvalue weighted by molar-refractivity contribution is 9.10. The average Bonchev–Trinajstić information content (AvgIpc) is 3.14. The predicted octanol–water partition coefficient (Wildman–Crippen LogP) is 5.21. The van der Waals surface area contributed by atoms with Gasteiger partial charge >= 0.3 is 0 Å². The molecule has 1 amide bonds. The summed E-state index contributed by atoms with van der Waals surface area (Å²) in [6, 6.07) is 19.8. The predicted molar refractivity (Wildman–Crippen MR) is 126 cm³/mol. The molecule has 1 aromatic heterocycles. The second-order valence-electron chi connectivity index (χ2n) is 6.10. The van der Waals surface area contributed by atoms with Crippen LogP contribution in [0.5, 0.6) is 0 Å². The van der Waals surface area contributed by atoms with Gasteiger partial charge in [0.25, 0.3) is 5.91 Å². The number of nitrogens with one attached hydrogen (secondary N) is 2. The molecule has 30 heavy (non-hydrogen) atoms. The number of para-hydroxylation sites is 2. The molecule has 0 saturated heterocycles. The molecular weight excluding hydrogens is 490 g/mol. The smallest absolute Gasteiger partial charge is 0.257 e. The molecule has 0 aliphatic heterocycles. The van der Waals surface area contributed by atoms with Crippen LogP contribution in [0.3, 0.4) is 0 Å². The van der Waals surface area contributed by atoms with Gasteiger partial charge in [-0.1, -0.05) is 45.7 Å². The van der Waals surface area contributed by atoms with Crippen molar-refractivity contribution < 1.29 is 14.7 Å². The molecule has 0 unspecified atom stereocenters. The average molecular weight is 505 g/mol. The quantitative estimate of drug-likeness (QED) is 0.373. The van der Waals surface area contributed by atoms with E-state index < -0.39 is 0 Å². The van der Waals surface area contributed by atoms with Crippen LogP contribution < -0.4 is 10.6 Å². The van der Waals surface area contributed by atoms with Gasteiger partial charge in [-0.05, 0) is 60.7 Å². The molecule has 3 aromatic carbocycles. The van der Waals surface area contributed by atoms with E-state index in [0.717, 1.165) is 15.6 Å². The standard InChI is InChI=1S/C21H13BrClN3O2S.H2O/c22-14-5-3-4-12(10-14)19(27)26-21(29)25-17-11-13(8-9-15(17)23)20-24-16-6-1-2-7-18(16)28-20;/h1-11H,(H2,25,26,27,29);1H2. The molecule has 0 aliphatic rings. The van der Waals surface area contributed by atoms with Crippen molar-refractivity contribution >= 4 is 67.6 Å². The fourth-order valence-electron chi connectivity index (χ4n) is 2.71. The molecule has 9 heteroatoms. The number of benzene rings is 3. The Kier molecular flexibility index (Phi) is 6.84. The number of hydrogen-bond donors (Lipinski definition) is 2. The Labute approximate surface area is 190 Å². The Morgan fingerprint density at radius 3 is 2.63 bits per heavy atom. The van der Waals surface area contributed by atoms with E-state index in [1.165, 1.54) is 0 Å². The Hall–Kier alpha value is -2.78. The van der Waals surface area contributed by atoms with Crippen molar-refractivity contribution in [3.8, 4) is 11.5 Å². The van der Waals surface area contributed by atoms with E-state index in [-0.39, 0.29) is 16.5 Å². The third-order valence-corrected chi connectivity index (χ3v) is 5.10. The number of halogens is 2. The molecule has 1 heterocycles. The molecule has 0 aliphatic carbocycles. The van der Waals surface area contributed by atoms with E-state index in [1.54, 1.807) is 36.4 Å². The number of anilines is 1. The minimum Gasteiger partial charge on any atom is -0.436 e. The normalized spacial score (nSPS) is 10.3. The minimum atomic E-state index is -0.324. The molecule has 0 radical (unpaired) electrons. The van der Waals surface area contributed by atoms with Crippen molar-refractivity contribution in [1.82, 2.24) is 10.3 Å². The first-order valence-electron chi connectivity index (χ1n) is 8.53. The van der Waals surface area contributed by atoms with Gasteiger partial charge in [0.2, 0.25) is 5.89 Å². The van der Waals surface area contributed by atoms with Crippen LogP contribution in [0.2, 0.25) is 5.02 Å². The van der Waals surface area contributed by atoms with Crippen LogP contribution >= 0.6 is 39.7 Å². The maximum atomic E-state index is 12.4. The Morgan fingerprint density at radius 1 is 1.07 bits per heavy atom. The van der Waals surface area contributed by atoms with Crippen LogP contribution in [0.25, 0.3) is 22.6 Å². The number of aromatic nitrogens is 1. The lowest BCUT2D eigenvalue weighted by Gasteiger charge is -2.12. The first-order valence-corrected chi connectivity index (χ1v) is 10.1. The van der Waals surface area contributed by atoms with E-state index in [2.05, 4.69) is 31.5 Å². The maximum Gasteiger partial charge on any atom is 0.257 e. The fraction of sp³-hybridized carbons (Fsp3) is 0. The Balaban J connectivity index is 0.00000256. The number of rotatable bonds is 3. The fourth-order valence-corrected chi connectivity index (χ4v) is 3.48. The van der Waals surface area contributed by atoms with E-state index in [4.69, 9.17) is 28.2 Å². The minimum absolute atomic E-state index is 0. The summed E-state index contributed by atoms with van der Waals surface area (Å²) < 4.78 is 6.60. The van der Waals surface area contributed by atoms with Crippen molar-refractivity contribution in [3.05, 3.63) is 81.8 Å². The van der Waals surface area contributed by atoms with Gasteiger partial charge in [0.1, 0.15) is 5.52 Å². The van der Waals surface area contributed by atoms with E-state index in [9.17, 15) is 4.79 Å². The van der Waals surface area contributed by atoms with Crippen LogP contribution in [0.1, 0.15) is 10.4 Å². The molecule has 152 valence electrons. The summed E-state index contributed by atoms with van der Waals surface area (Å²) in [5.41, 5.74) is 3.21. The number of thiocarbonyl (C=S) groups is 1. The topological polar surface area (TPSA) is 98.7 Å². The number of oxazole rings is 1. The molecule has 0 spiro atoms. The largest absolute Gasteiger partial charge is 0.436 e. The van der Waals surface area contributed by atoms with Gasteiger partial charge in [-0.2, -0.15) is 0 Å². The Bertz CT molecular complexity index is 1210. The van der Waals surface area contributed by atoms with Gasteiger partial charge < -0.3 is 15.2 Å². The third-order valence-electron chi connectivity index (χ3n) is 4.07. The van der Waals surface area contributed by atoms with E-state index in [1.807, 2.05) is 30.3 Å². The zero-order valence-electron chi connectivity index (χ0n) is 15.3. The first kappa shape index (κ1) is 21.9. The second kappa shape index (κ2) is 9.36. The summed E-state index contributed by atoms with van der Waals surface area (Å²) in [4.78, 5) is 16.8. The summed E-state index contributed by atoms with van der Waals surface area (Å²) in [5, 5.41) is 6.18. The molecule has 4 rings (SSSR count). The summed E-state index contributed by atoms with van der Waals surface area (Å²) in [5.74, 6) is 0.144. The third kappa shape index (κ3) is 4.85.